The molecule has 1 heterocycles. The first-order valence-corrected chi connectivity index (χ1v) is 8.45. The highest BCUT2D eigenvalue weighted by atomic mass is 32.1. The van der Waals surface area contributed by atoms with Gasteiger partial charge in [0.2, 0.25) is 0 Å². The molecule has 0 atom stereocenters. The van der Waals surface area contributed by atoms with E-state index in [1.807, 2.05) is 0 Å². The summed E-state index contributed by atoms with van der Waals surface area (Å²) in [5.74, 6) is -0.418. The smallest absolute Gasteiger partial charge is 0.347 e. The molecule has 0 bridgehead atoms. The molecule has 1 aromatic rings. The molecule has 4 nitrogen and oxygen atoms in total. The van der Waals surface area contributed by atoms with Gasteiger partial charge in [-0.15, -0.1) is 0 Å². The number of hydrogen-bond donors (Lipinski definition) is 1. The number of carbonyl (C=O) groups is 1. The molecule has 0 radical (unpaired) electrons. The van der Waals surface area contributed by atoms with E-state index in [9.17, 15) is 9.90 Å². The monoisotopic (exact) mass is 294 g/mol. The minimum atomic E-state index is -0.815. The molecule has 20 heavy (non-hydrogen) atoms. The van der Waals surface area contributed by atoms with Crippen molar-refractivity contribution in [3.8, 4) is 0 Å². The maximum absolute atomic E-state index is 11.4. The molecule has 2 aliphatic rings. The third kappa shape index (κ3) is 2.82. The highest BCUT2D eigenvalue weighted by molar-refractivity contribution is 7.17. The van der Waals surface area contributed by atoms with E-state index in [-0.39, 0.29) is 0 Å². The molecule has 2 saturated carbocycles. The Morgan fingerprint density at radius 2 is 1.85 bits per heavy atom. The first-order valence-electron chi connectivity index (χ1n) is 7.63. The van der Waals surface area contributed by atoms with E-state index in [0.717, 1.165) is 23.7 Å². The molecular formula is C15H22N2O2S. The Kier molecular flexibility index (Phi) is 3.96. The van der Waals surface area contributed by atoms with Gasteiger partial charge in [0.25, 0.3) is 0 Å². The van der Waals surface area contributed by atoms with Crippen LogP contribution in [-0.2, 0) is 0 Å². The Bertz CT molecular complexity index is 488. The van der Waals surface area contributed by atoms with Gasteiger partial charge in [-0.25, -0.2) is 9.78 Å². The minimum absolute atomic E-state index is 0.397. The lowest BCUT2D eigenvalue weighted by Gasteiger charge is -2.26. The predicted octanol–water partition coefficient (Wildman–Crippen LogP) is 3.88. The van der Waals surface area contributed by atoms with Crippen molar-refractivity contribution in [2.24, 2.45) is 0 Å². The number of nitrogens with zero attached hydrogens (tertiary/aromatic N) is 2. The Hall–Kier alpha value is -1.10. The molecule has 0 spiro atoms. The van der Waals surface area contributed by atoms with Gasteiger partial charge in [-0.1, -0.05) is 37.0 Å². The summed E-state index contributed by atoms with van der Waals surface area (Å²) in [5.41, 5.74) is 0.831. The van der Waals surface area contributed by atoms with E-state index in [1.165, 1.54) is 49.9 Å². The summed E-state index contributed by atoms with van der Waals surface area (Å²) in [6.45, 7) is 0. The maximum Gasteiger partial charge on any atom is 0.347 e. The van der Waals surface area contributed by atoms with Crippen LogP contribution in [0.15, 0.2) is 0 Å². The van der Waals surface area contributed by atoms with Crippen molar-refractivity contribution < 1.29 is 9.90 Å². The molecule has 0 aliphatic heterocycles. The Morgan fingerprint density at radius 1 is 1.20 bits per heavy atom. The molecule has 1 N–H and O–H groups in total. The number of aromatic nitrogens is 1. The van der Waals surface area contributed by atoms with E-state index >= 15 is 0 Å². The first-order chi connectivity index (χ1) is 9.66. The first kappa shape index (κ1) is 13.9. The third-order valence-electron chi connectivity index (χ3n) is 4.47. The molecule has 5 heteroatoms. The number of aromatic carboxylic acids is 1. The fourth-order valence-electron chi connectivity index (χ4n) is 3.06. The highest BCUT2D eigenvalue weighted by Crippen LogP contribution is 2.44. The number of anilines is 1. The summed E-state index contributed by atoms with van der Waals surface area (Å²) in [6.07, 6.45) is 9.82. The van der Waals surface area contributed by atoms with Gasteiger partial charge in [0, 0.05) is 19.0 Å². The van der Waals surface area contributed by atoms with E-state index in [0.29, 0.717) is 16.8 Å². The molecule has 1 aromatic heterocycles. The second kappa shape index (κ2) is 5.72. The molecule has 0 aromatic carbocycles. The van der Waals surface area contributed by atoms with Crippen molar-refractivity contribution in [3.05, 3.63) is 10.6 Å². The van der Waals surface area contributed by atoms with Gasteiger partial charge in [-0.05, 0) is 25.7 Å². The van der Waals surface area contributed by atoms with E-state index in [1.54, 1.807) is 0 Å². The molecule has 110 valence electrons. The lowest BCUT2D eigenvalue weighted by Crippen LogP contribution is -2.30. The van der Waals surface area contributed by atoms with Crippen LogP contribution in [0.4, 0.5) is 5.13 Å². The average Bonchev–Trinajstić information content (AvgIpc) is 3.22. The fourth-order valence-corrected chi connectivity index (χ4v) is 4.08. The number of hydrogen-bond acceptors (Lipinski definition) is 4. The van der Waals surface area contributed by atoms with E-state index in [4.69, 9.17) is 0 Å². The zero-order valence-electron chi connectivity index (χ0n) is 12.0. The summed E-state index contributed by atoms with van der Waals surface area (Å²) in [6, 6.07) is 0.525. The summed E-state index contributed by atoms with van der Waals surface area (Å²) < 4.78 is 0. The van der Waals surface area contributed by atoms with Gasteiger partial charge in [-0.2, -0.15) is 0 Å². The largest absolute Gasteiger partial charge is 0.477 e. The van der Waals surface area contributed by atoms with Crippen LogP contribution in [0.2, 0.25) is 0 Å². The summed E-state index contributed by atoms with van der Waals surface area (Å²) >= 11 is 1.36. The standard InChI is InChI=1S/C15H22N2O2S/c1-17(11-6-4-2-3-5-7-11)15-16-12(10-8-9-10)13(20-15)14(18)19/h10-11H,2-9H2,1H3,(H,18,19). The predicted molar refractivity (Wildman–Crippen MR) is 80.9 cm³/mol. The van der Waals surface area contributed by atoms with Crippen molar-refractivity contribution in [3.63, 3.8) is 0 Å². The average molecular weight is 294 g/mol. The normalized spacial score (nSPS) is 20.6. The molecule has 2 fully saturated rings. The van der Waals surface area contributed by atoms with Gasteiger partial charge < -0.3 is 10.0 Å². The van der Waals surface area contributed by atoms with Crippen LogP contribution in [0.25, 0.3) is 0 Å². The van der Waals surface area contributed by atoms with Crippen LogP contribution < -0.4 is 4.90 Å². The van der Waals surface area contributed by atoms with E-state index in [2.05, 4.69) is 16.9 Å². The third-order valence-corrected chi connectivity index (χ3v) is 5.62. The topological polar surface area (TPSA) is 53.4 Å². The SMILES string of the molecule is CN(c1nc(C2CC2)c(C(=O)O)s1)C1CCCCCC1. The zero-order chi connectivity index (χ0) is 14.1. The molecule has 2 aliphatic carbocycles. The Labute approximate surface area is 123 Å². The number of carboxylic acid groups (broad SMARTS) is 1. The van der Waals surface area contributed by atoms with Crippen LogP contribution in [-0.4, -0.2) is 29.1 Å². The Balaban J connectivity index is 1.81. The maximum atomic E-state index is 11.4. The highest BCUT2D eigenvalue weighted by Gasteiger charge is 2.33. The van der Waals surface area contributed by atoms with Crippen LogP contribution in [0.3, 0.4) is 0 Å². The van der Waals surface area contributed by atoms with Crippen molar-refractivity contribution in [1.82, 2.24) is 4.98 Å². The van der Waals surface area contributed by atoms with Crippen molar-refractivity contribution >= 4 is 22.4 Å². The minimum Gasteiger partial charge on any atom is -0.477 e. The van der Waals surface area contributed by atoms with Gasteiger partial charge in [0.15, 0.2) is 5.13 Å². The van der Waals surface area contributed by atoms with Gasteiger partial charge in [0.05, 0.1) is 5.69 Å². The van der Waals surface area contributed by atoms with Gasteiger partial charge in [-0.3, -0.25) is 0 Å². The number of thiazole rings is 1. The quantitative estimate of drug-likeness (QED) is 0.856. The lowest BCUT2D eigenvalue weighted by molar-refractivity contribution is 0.0700. The number of carboxylic acids is 1. The molecule has 0 saturated heterocycles. The number of rotatable bonds is 4. The summed E-state index contributed by atoms with van der Waals surface area (Å²) in [5, 5.41) is 10.2. The Morgan fingerprint density at radius 3 is 2.40 bits per heavy atom. The van der Waals surface area contributed by atoms with Crippen LogP contribution in [0.1, 0.15) is 72.7 Å². The van der Waals surface area contributed by atoms with Crippen LogP contribution >= 0.6 is 11.3 Å². The zero-order valence-corrected chi connectivity index (χ0v) is 12.8. The second-order valence-corrected chi connectivity index (χ2v) is 7.02. The fraction of sp³-hybridized carbons (Fsp3) is 0.733. The summed E-state index contributed by atoms with van der Waals surface area (Å²) in [7, 11) is 2.08. The van der Waals surface area contributed by atoms with E-state index < -0.39 is 5.97 Å². The van der Waals surface area contributed by atoms with Crippen molar-refractivity contribution in [1.29, 1.82) is 0 Å². The van der Waals surface area contributed by atoms with Crippen molar-refractivity contribution in [2.75, 3.05) is 11.9 Å². The van der Waals surface area contributed by atoms with Gasteiger partial charge >= 0.3 is 5.97 Å². The molecule has 0 amide bonds. The van der Waals surface area contributed by atoms with Crippen molar-refractivity contribution in [2.45, 2.75) is 63.3 Å². The molecule has 0 unspecified atom stereocenters. The second-order valence-electron chi connectivity index (χ2n) is 6.05. The molecular weight excluding hydrogens is 272 g/mol. The van der Waals surface area contributed by atoms with Crippen LogP contribution in [0.5, 0.6) is 0 Å². The van der Waals surface area contributed by atoms with Gasteiger partial charge in [0.1, 0.15) is 4.88 Å². The summed E-state index contributed by atoms with van der Waals surface area (Å²) in [4.78, 5) is 18.7. The molecule has 3 rings (SSSR count). The van der Waals surface area contributed by atoms with Crippen LogP contribution in [0, 0.1) is 0 Å². The lowest BCUT2D eigenvalue weighted by atomic mass is 10.1.